The third-order valence-corrected chi connectivity index (χ3v) is 7.05. The Bertz CT molecular complexity index is 890. The maximum atomic E-state index is 12.7. The maximum Gasteiger partial charge on any atom is 0.312 e. The lowest BCUT2D eigenvalue weighted by Gasteiger charge is -2.40. The van der Waals surface area contributed by atoms with Crippen LogP contribution in [0.3, 0.4) is 0 Å². The van der Waals surface area contributed by atoms with E-state index in [0.29, 0.717) is 12.8 Å². The molecule has 15 nitrogen and oxygen atoms in total. The number of urea groups is 1. The number of carbonyl (C=O) groups excluding carboxylic acids is 3. The van der Waals surface area contributed by atoms with Gasteiger partial charge in [0.2, 0.25) is 0 Å². The van der Waals surface area contributed by atoms with Crippen molar-refractivity contribution < 1.29 is 62.9 Å². The molecule has 0 saturated carbocycles. The van der Waals surface area contributed by atoms with Crippen molar-refractivity contribution >= 4 is 23.9 Å². The average Bonchev–Trinajstić information content (AvgIpc) is 2.91. The second-order valence-electron chi connectivity index (χ2n) is 10.9. The molecule has 0 aliphatic carbocycles. The minimum Gasteiger partial charge on any atom is -0.481 e. The molecule has 2 aliphatic heterocycles. The van der Waals surface area contributed by atoms with E-state index in [2.05, 4.69) is 5.32 Å². The molecule has 15 heteroatoms. The number of hydrogen-bond acceptors (Lipinski definition) is 12. The van der Waals surface area contributed by atoms with E-state index in [-0.39, 0.29) is 45.3 Å². The van der Waals surface area contributed by atoms with E-state index >= 15 is 0 Å². The van der Waals surface area contributed by atoms with Gasteiger partial charge in [0.15, 0.2) is 18.7 Å². The second-order valence-corrected chi connectivity index (χ2v) is 10.9. The molecule has 2 fully saturated rings. The number of primary amides is 1. The van der Waals surface area contributed by atoms with Crippen LogP contribution in [0.2, 0.25) is 0 Å². The number of aliphatic hydroxyl groups is 2. The predicted molar refractivity (Wildman–Crippen MR) is 144 cm³/mol. The van der Waals surface area contributed by atoms with Gasteiger partial charge < -0.3 is 54.8 Å². The summed E-state index contributed by atoms with van der Waals surface area (Å²) in [5, 5.41) is 31.1. The molecule has 2 rings (SSSR count). The number of aliphatic hydroxyl groups excluding tert-OH is 2. The molecule has 2 saturated heterocycles. The topological polar surface area (TPSA) is 222 Å². The summed E-state index contributed by atoms with van der Waals surface area (Å²) >= 11 is 0. The molecule has 0 bridgehead atoms. The number of carbonyl (C=O) groups is 4. The molecule has 2 heterocycles. The molecule has 242 valence electrons. The fourth-order valence-electron chi connectivity index (χ4n) is 4.40. The molecule has 2 aliphatic rings. The van der Waals surface area contributed by atoms with E-state index in [1.807, 2.05) is 0 Å². The fraction of sp³-hybridized carbons (Fsp3) is 0.852. The Morgan fingerprint density at radius 2 is 1.62 bits per heavy atom. The first-order chi connectivity index (χ1) is 19.8. The number of ether oxygens (including phenoxy) is 6. The number of carboxylic acids is 1. The third kappa shape index (κ3) is 12.4. The van der Waals surface area contributed by atoms with Gasteiger partial charge in [0.05, 0.1) is 30.3 Å². The highest BCUT2D eigenvalue weighted by atomic mass is 16.7. The summed E-state index contributed by atoms with van der Waals surface area (Å²) < 4.78 is 34.1. The van der Waals surface area contributed by atoms with Gasteiger partial charge in [-0.05, 0) is 40.0 Å². The predicted octanol–water partition coefficient (Wildman–Crippen LogP) is 0.563. The Morgan fingerprint density at radius 3 is 2.29 bits per heavy atom. The van der Waals surface area contributed by atoms with Gasteiger partial charge in [0.25, 0.3) is 0 Å². The summed E-state index contributed by atoms with van der Waals surface area (Å²) in [6.45, 7) is 6.82. The first-order valence-electron chi connectivity index (χ1n) is 14.4. The van der Waals surface area contributed by atoms with Crippen LogP contribution in [0.25, 0.3) is 0 Å². The molecule has 2 amide bonds. The van der Waals surface area contributed by atoms with Crippen molar-refractivity contribution in [2.45, 2.75) is 128 Å². The molecular formula is C27H46N2O13. The van der Waals surface area contributed by atoms with E-state index < -0.39 is 85.2 Å². The Kier molecular flexibility index (Phi) is 14.9. The molecule has 10 atom stereocenters. The van der Waals surface area contributed by atoms with Crippen molar-refractivity contribution in [3.8, 4) is 0 Å². The number of carboxylic acid groups (broad SMARTS) is 1. The Morgan fingerprint density at radius 1 is 0.929 bits per heavy atom. The van der Waals surface area contributed by atoms with Crippen LogP contribution in [0.1, 0.15) is 72.6 Å². The van der Waals surface area contributed by atoms with Crippen LogP contribution in [0, 0.1) is 5.92 Å². The van der Waals surface area contributed by atoms with Crippen LogP contribution >= 0.6 is 0 Å². The largest absolute Gasteiger partial charge is 0.481 e. The number of aliphatic carboxylic acids is 1. The van der Waals surface area contributed by atoms with Gasteiger partial charge in [0.1, 0.15) is 12.2 Å². The van der Waals surface area contributed by atoms with Gasteiger partial charge >= 0.3 is 23.9 Å². The van der Waals surface area contributed by atoms with Crippen molar-refractivity contribution in [1.82, 2.24) is 5.32 Å². The number of amides is 2. The van der Waals surface area contributed by atoms with Crippen LogP contribution in [-0.2, 0) is 42.8 Å². The summed E-state index contributed by atoms with van der Waals surface area (Å²) in [5.41, 5.74) is 5.06. The van der Waals surface area contributed by atoms with Crippen molar-refractivity contribution in [3.63, 3.8) is 0 Å². The van der Waals surface area contributed by atoms with Crippen LogP contribution in [0.4, 0.5) is 4.79 Å². The smallest absolute Gasteiger partial charge is 0.312 e. The highest BCUT2D eigenvalue weighted by molar-refractivity contribution is 5.75. The lowest BCUT2D eigenvalue weighted by Crippen LogP contribution is -2.51. The molecule has 0 aromatic heterocycles. The van der Waals surface area contributed by atoms with Gasteiger partial charge in [-0.3, -0.25) is 14.4 Å². The van der Waals surface area contributed by atoms with Crippen LogP contribution in [0.5, 0.6) is 0 Å². The summed E-state index contributed by atoms with van der Waals surface area (Å²) in [7, 11) is 0. The van der Waals surface area contributed by atoms with Crippen LogP contribution < -0.4 is 11.1 Å². The zero-order valence-electron chi connectivity index (χ0n) is 24.6. The van der Waals surface area contributed by atoms with Crippen molar-refractivity contribution in [2.75, 3.05) is 13.2 Å². The van der Waals surface area contributed by atoms with E-state index in [1.165, 1.54) is 0 Å². The van der Waals surface area contributed by atoms with Gasteiger partial charge in [-0.15, -0.1) is 0 Å². The number of nitrogens with one attached hydrogen (secondary N) is 1. The zero-order chi connectivity index (χ0) is 31.4. The first-order valence-corrected chi connectivity index (χ1v) is 14.4. The molecule has 0 aromatic rings. The van der Waals surface area contributed by atoms with Crippen molar-refractivity contribution in [2.24, 2.45) is 11.7 Å². The van der Waals surface area contributed by atoms with E-state index in [0.717, 1.165) is 0 Å². The minimum absolute atomic E-state index is 0.0160. The van der Waals surface area contributed by atoms with Crippen LogP contribution in [-0.4, -0.2) is 108 Å². The van der Waals surface area contributed by atoms with E-state index in [1.54, 1.807) is 27.7 Å². The maximum absolute atomic E-state index is 12.7. The standard InChI is InChI=1S/C27H46N2O13/c1-14(13-29-27(28)36)24(35)42-20-12-21(26(40-17(20)4)38-15(2)8-9-22(32)33)41-23(34)7-5-6-10-37-25-19(31)11-18(30)16(3)39-25/h14-21,25-26,30-31H,5-13H2,1-4H3,(H,32,33)(H3,28,29,36)/t14?,15?,16-,17-,18+,19+,20+,21+,25+,26+/m0/s1. The monoisotopic (exact) mass is 606 g/mol. The van der Waals surface area contributed by atoms with Crippen LogP contribution in [0.15, 0.2) is 0 Å². The Labute approximate surface area is 245 Å². The summed E-state index contributed by atoms with van der Waals surface area (Å²) in [4.78, 5) is 47.2. The summed E-state index contributed by atoms with van der Waals surface area (Å²) in [5.74, 6) is -2.80. The number of hydrogen-bond donors (Lipinski definition) is 5. The molecule has 0 radical (unpaired) electrons. The normalized spacial score (nSPS) is 31.0. The second kappa shape index (κ2) is 17.5. The van der Waals surface area contributed by atoms with Gasteiger partial charge in [0, 0.05) is 38.8 Å². The first kappa shape index (κ1) is 35.6. The summed E-state index contributed by atoms with van der Waals surface area (Å²) in [6.07, 6.45) is -5.66. The molecule has 2 unspecified atom stereocenters. The quantitative estimate of drug-likeness (QED) is 0.120. The molecule has 0 spiro atoms. The average molecular weight is 607 g/mol. The number of esters is 2. The van der Waals surface area contributed by atoms with Crippen molar-refractivity contribution in [1.29, 1.82) is 0 Å². The number of unbranched alkanes of at least 4 members (excludes halogenated alkanes) is 1. The number of nitrogens with two attached hydrogens (primary N) is 1. The number of rotatable bonds is 16. The van der Waals surface area contributed by atoms with Gasteiger partial charge in [-0.2, -0.15) is 0 Å². The Hall–Kier alpha value is -2.56. The highest BCUT2D eigenvalue weighted by Gasteiger charge is 2.42. The minimum atomic E-state index is -1.01. The van der Waals surface area contributed by atoms with Crippen molar-refractivity contribution in [3.05, 3.63) is 0 Å². The zero-order valence-corrected chi connectivity index (χ0v) is 24.6. The van der Waals surface area contributed by atoms with Gasteiger partial charge in [-0.25, -0.2) is 4.79 Å². The SMILES string of the molecule is CC(CCC(=O)O)O[C@@H]1O[C@@H](C)[C@H](OC(=O)C(C)CNC(N)=O)C[C@H]1OC(=O)CCCCO[C@@H]1O[C@@H](C)[C@H](O)C[C@H]1O. The lowest BCUT2D eigenvalue weighted by atomic mass is 10.0. The fourth-order valence-corrected chi connectivity index (χ4v) is 4.40. The summed E-state index contributed by atoms with van der Waals surface area (Å²) in [6, 6.07) is -0.770. The van der Waals surface area contributed by atoms with E-state index in [9.17, 15) is 29.4 Å². The molecular weight excluding hydrogens is 560 g/mol. The highest BCUT2D eigenvalue weighted by Crippen LogP contribution is 2.28. The third-order valence-electron chi connectivity index (χ3n) is 7.05. The van der Waals surface area contributed by atoms with E-state index in [4.69, 9.17) is 39.3 Å². The van der Waals surface area contributed by atoms with Gasteiger partial charge in [-0.1, -0.05) is 6.92 Å². The lowest BCUT2D eigenvalue weighted by molar-refractivity contribution is -0.280. The molecule has 42 heavy (non-hydrogen) atoms. The molecule has 6 N–H and O–H groups in total. The Balaban J connectivity index is 1.90. The molecule has 0 aromatic carbocycles.